The minimum atomic E-state index is -2.52. The van der Waals surface area contributed by atoms with Gasteiger partial charge in [0, 0.05) is 17.7 Å². The molecule has 28 heavy (non-hydrogen) atoms. The first-order valence-corrected chi connectivity index (χ1v) is 11.1. The molecule has 0 heterocycles. The van der Waals surface area contributed by atoms with Crippen molar-refractivity contribution in [2.45, 2.75) is 11.4 Å². The summed E-state index contributed by atoms with van der Waals surface area (Å²) in [6.45, 7) is 0.671. The monoisotopic (exact) mass is 386 g/mol. The van der Waals surface area contributed by atoms with Gasteiger partial charge in [-0.3, -0.25) is 0 Å². The molecule has 3 nitrogen and oxygen atoms in total. The molecule has 0 fully saturated rings. The molecule has 0 spiro atoms. The summed E-state index contributed by atoms with van der Waals surface area (Å²) >= 11 is 0. The molecule has 4 aromatic rings. The van der Waals surface area contributed by atoms with Crippen molar-refractivity contribution in [3.8, 4) is 0 Å². The molecule has 0 saturated carbocycles. The summed E-state index contributed by atoms with van der Waals surface area (Å²) < 4.78 is 17.8. The average Bonchev–Trinajstić information content (AvgIpc) is 2.73. The lowest BCUT2D eigenvalue weighted by Gasteiger charge is -2.12. The molecule has 1 N–H and O–H groups in total. The highest BCUT2D eigenvalue weighted by Crippen LogP contribution is 2.29. The van der Waals surface area contributed by atoms with E-state index in [1.54, 1.807) is 6.26 Å². The van der Waals surface area contributed by atoms with Crippen molar-refractivity contribution in [1.29, 1.82) is 0 Å². The maximum absolute atomic E-state index is 13.2. The van der Waals surface area contributed by atoms with E-state index in [1.165, 1.54) is 16.3 Å². The fourth-order valence-corrected chi connectivity index (χ4v) is 4.56. The predicted octanol–water partition coefficient (Wildman–Crippen LogP) is 6.24. The Morgan fingerprint density at radius 2 is 1.46 bits per heavy atom. The summed E-state index contributed by atoms with van der Waals surface area (Å²) in [6.07, 6.45) is 1.68. The van der Waals surface area contributed by atoms with Crippen LogP contribution < -0.4 is 5.32 Å². The third-order valence-corrected chi connectivity index (χ3v) is 6.40. The maximum atomic E-state index is 13.2. The fraction of sp³-hybridized carbons (Fsp3) is 0.0833. The largest absolute Gasteiger partial charge is 0.379 e. The summed E-state index contributed by atoms with van der Waals surface area (Å²) in [5, 5.41) is 5.93. The molecule has 0 aromatic heterocycles. The minimum absolute atomic E-state index is 0.671. The fourth-order valence-electron chi connectivity index (χ4n) is 3.25. The summed E-state index contributed by atoms with van der Waals surface area (Å²) in [4.78, 5) is 0.735. The average molecular weight is 387 g/mol. The molecule has 1 atom stereocenters. The van der Waals surface area contributed by atoms with Crippen molar-refractivity contribution in [2.75, 3.05) is 11.6 Å². The quantitative estimate of drug-likeness (QED) is 0.441. The van der Waals surface area contributed by atoms with Gasteiger partial charge in [0.2, 0.25) is 0 Å². The zero-order valence-corrected chi connectivity index (χ0v) is 16.5. The Balaban J connectivity index is 1.65. The van der Waals surface area contributed by atoms with Crippen molar-refractivity contribution >= 4 is 31.9 Å². The van der Waals surface area contributed by atoms with Gasteiger partial charge in [0.1, 0.15) is 0 Å². The van der Waals surface area contributed by atoms with Gasteiger partial charge in [-0.05, 0) is 40.6 Å². The van der Waals surface area contributed by atoms with Gasteiger partial charge in [-0.1, -0.05) is 72.8 Å². The first kappa shape index (κ1) is 18.3. The second-order valence-corrected chi connectivity index (χ2v) is 8.97. The Kier molecular flexibility index (Phi) is 5.13. The molecule has 0 aliphatic rings. The van der Waals surface area contributed by atoms with Gasteiger partial charge in [0.15, 0.2) is 0 Å². The predicted molar refractivity (Wildman–Crippen MR) is 119 cm³/mol. The van der Waals surface area contributed by atoms with Crippen LogP contribution in [0.4, 0.5) is 11.4 Å². The lowest BCUT2D eigenvalue weighted by molar-refractivity contribution is 0.681. The molecule has 0 aliphatic carbocycles. The summed E-state index contributed by atoms with van der Waals surface area (Å²) in [7, 11) is -2.52. The van der Waals surface area contributed by atoms with Gasteiger partial charge in [-0.25, -0.2) is 4.21 Å². The third kappa shape index (κ3) is 3.92. The van der Waals surface area contributed by atoms with Crippen LogP contribution in [0.5, 0.6) is 0 Å². The van der Waals surface area contributed by atoms with Gasteiger partial charge in [0.25, 0.3) is 0 Å². The van der Waals surface area contributed by atoms with Crippen LogP contribution in [0.1, 0.15) is 5.56 Å². The number of para-hydroxylation sites is 1. The molecule has 0 amide bonds. The van der Waals surface area contributed by atoms with Crippen LogP contribution in [0.3, 0.4) is 0 Å². The van der Waals surface area contributed by atoms with Gasteiger partial charge in [-0.2, -0.15) is 4.36 Å². The molecular weight excluding hydrogens is 364 g/mol. The SMILES string of the molecule is CS(=O)(=Nc1ccccc1NCc1cccc2ccccc12)c1ccccc1. The molecule has 4 rings (SSSR count). The number of nitrogens with zero attached hydrogens (tertiary/aromatic N) is 1. The number of fused-ring (bicyclic) bond motifs is 1. The van der Waals surface area contributed by atoms with Crippen LogP contribution in [-0.4, -0.2) is 10.5 Å². The van der Waals surface area contributed by atoms with Crippen LogP contribution in [0.2, 0.25) is 0 Å². The van der Waals surface area contributed by atoms with Crippen molar-refractivity contribution in [2.24, 2.45) is 4.36 Å². The zero-order valence-electron chi connectivity index (χ0n) is 15.7. The van der Waals surface area contributed by atoms with Crippen LogP contribution >= 0.6 is 0 Å². The zero-order chi connectivity index (χ0) is 19.4. The van der Waals surface area contributed by atoms with Crippen LogP contribution in [0.25, 0.3) is 10.8 Å². The Hall–Kier alpha value is -3.11. The minimum Gasteiger partial charge on any atom is -0.379 e. The van der Waals surface area contributed by atoms with Gasteiger partial charge in [-0.15, -0.1) is 0 Å². The van der Waals surface area contributed by atoms with Crippen molar-refractivity contribution in [3.63, 3.8) is 0 Å². The number of hydrogen-bond acceptors (Lipinski definition) is 3. The number of hydrogen-bond donors (Lipinski definition) is 1. The summed E-state index contributed by atoms with van der Waals surface area (Å²) in [6, 6.07) is 31.8. The molecule has 1 unspecified atom stereocenters. The summed E-state index contributed by atoms with van der Waals surface area (Å²) in [5.41, 5.74) is 2.80. The van der Waals surface area contributed by atoms with E-state index in [4.69, 9.17) is 0 Å². The molecule has 0 saturated heterocycles. The summed E-state index contributed by atoms with van der Waals surface area (Å²) in [5.74, 6) is 0. The topological polar surface area (TPSA) is 41.5 Å². The Morgan fingerprint density at radius 1 is 0.786 bits per heavy atom. The van der Waals surface area contributed by atoms with E-state index in [-0.39, 0.29) is 0 Å². The highest BCUT2D eigenvalue weighted by Gasteiger charge is 2.08. The molecule has 140 valence electrons. The van der Waals surface area contributed by atoms with E-state index in [9.17, 15) is 4.21 Å². The molecule has 0 bridgehead atoms. The first-order chi connectivity index (χ1) is 13.6. The van der Waals surface area contributed by atoms with Crippen LogP contribution in [0, 0.1) is 0 Å². The normalized spacial score (nSPS) is 13.0. The number of rotatable bonds is 5. The van der Waals surface area contributed by atoms with E-state index >= 15 is 0 Å². The van der Waals surface area contributed by atoms with Gasteiger partial charge >= 0.3 is 0 Å². The molecule has 0 radical (unpaired) electrons. The number of anilines is 1. The molecule has 4 heteroatoms. The second-order valence-electron chi connectivity index (χ2n) is 6.72. The molecular formula is C24H22N2OS. The first-order valence-electron chi connectivity index (χ1n) is 9.20. The van der Waals surface area contributed by atoms with E-state index in [1.807, 2.05) is 54.6 Å². The standard InChI is InChI=1S/C24H22N2OS/c1-28(27,21-13-3-2-4-14-21)26-24-17-8-7-16-23(24)25-18-20-12-9-11-19-10-5-6-15-22(19)20/h2-17,25H,18H2,1H3. The smallest absolute Gasteiger partial charge is 0.0964 e. The number of nitrogens with one attached hydrogen (secondary N) is 1. The molecule has 0 aliphatic heterocycles. The van der Waals surface area contributed by atoms with Gasteiger partial charge in [0.05, 0.1) is 21.1 Å². The Bertz CT molecular complexity index is 1220. The van der Waals surface area contributed by atoms with E-state index < -0.39 is 9.73 Å². The third-order valence-electron chi connectivity index (χ3n) is 4.71. The van der Waals surface area contributed by atoms with Crippen LogP contribution in [0.15, 0.2) is 106 Å². The van der Waals surface area contributed by atoms with Gasteiger partial charge < -0.3 is 5.32 Å². The van der Waals surface area contributed by atoms with Crippen molar-refractivity contribution in [3.05, 3.63) is 103 Å². The van der Waals surface area contributed by atoms with Crippen molar-refractivity contribution < 1.29 is 4.21 Å². The lowest BCUT2D eigenvalue weighted by atomic mass is 10.0. The number of benzene rings is 4. The van der Waals surface area contributed by atoms with E-state index in [0.717, 1.165) is 10.6 Å². The molecule has 4 aromatic carbocycles. The van der Waals surface area contributed by atoms with E-state index in [0.29, 0.717) is 12.2 Å². The van der Waals surface area contributed by atoms with E-state index in [2.05, 4.69) is 52.1 Å². The van der Waals surface area contributed by atoms with Crippen molar-refractivity contribution in [1.82, 2.24) is 0 Å². The highest BCUT2D eigenvalue weighted by atomic mass is 32.2. The Labute approximate surface area is 166 Å². The Morgan fingerprint density at radius 3 is 2.32 bits per heavy atom. The van der Waals surface area contributed by atoms with Crippen LogP contribution in [-0.2, 0) is 16.3 Å². The maximum Gasteiger partial charge on any atom is 0.0964 e. The second kappa shape index (κ2) is 7.87. The highest BCUT2D eigenvalue weighted by molar-refractivity contribution is 7.93. The lowest BCUT2D eigenvalue weighted by Crippen LogP contribution is -2.01.